The van der Waals surface area contributed by atoms with Gasteiger partial charge in [0.05, 0.1) is 6.10 Å². The van der Waals surface area contributed by atoms with Crippen LogP contribution < -0.4 is 0 Å². The number of rotatable bonds is 1. The van der Waals surface area contributed by atoms with E-state index in [4.69, 9.17) is 11.6 Å². The van der Waals surface area contributed by atoms with Crippen LogP contribution in [0.4, 0.5) is 0 Å². The van der Waals surface area contributed by atoms with Gasteiger partial charge in [-0.25, -0.2) is 0 Å². The Hall–Kier alpha value is -0.790. The van der Waals surface area contributed by atoms with Crippen LogP contribution in [0, 0.1) is 34.5 Å². The van der Waals surface area contributed by atoms with Crippen LogP contribution in [0.5, 0.6) is 0 Å². The van der Waals surface area contributed by atoms with Crippen LogP contribution in [0.2, 0.25) is 5.02 Å². The highest BCUT2D eigenvalue weighted by atomic mass is 35.5. The molecule has 4 aliphatic carbocycles. The molecule has 0 heterocycles. The van der Waals surface area contributed by atoms with Crippen molar-refractivity contribution in [3.63, 3.8) is 0 Å². The van der Waals surface area contributed by atoms with Crippen molar-refractivity contribution in [3.05, 3.63) is 40.4 Å². The van der Waals surface area contributed by atoms with Crippen LogP contribution >= 0.6 is 11.6 Å². The van der Waals surface area contributed by atoms with E-state index >= 15 is 0 Å². The molecule has 4 saturated carbocycles. The van der Waals surface area contributed by atoms with E-state index in [2.05, 4.69) is 26.0 Å². The molecule has 1 N–H and O–H groups in total. The van der Waals surface area contributed by atoms with Crippen LogP contribution in [-0.4, -0.2) is 11.2 Å². The van der Waals surface area contributed by atoms with Gasteiger partial charge in [-0.2, -0.15) is 0 Å². The van der Waals surface area contributed by atoms with E-state index < -0.39 is 0 Å². The van der Waals surface area contributed by atoms with Crippen molar-refractivity contribution in [2.24, 2.45) is 34.5 Å². The lowest BCUT2D eigenvalue weighted by Gasteiger charge is -2.60. The summed E-state index contributed by atoms with van der Waals surface area (Å²) in [6.07, 6.45) is 14.0. The molecule has 2 heteroatoms. The number of halogens is 1. The quantitative estimate of drug-likeness (QED) is 0.533. The Labute approximate surface area is 175 Å². The molecule has 0 aromatic heterocycles. The van der Waals surface area contributed by atoms with E-state index in [1.807, 2.05) is 18.2 Å². The maximum Gasteiger partial charge on any atom is 0.0809 e. The second kappa shape index (κ2) is 6.88. The molecule has 0 aliphatic heterocycles. The average molecular weight is 399 g/mol. The molecule has 28 heavy (non-hydrogen) atoms. The van der Waals surface area contributed by atoms with Crippen LogP contribution in [0.1, 0.15) is 77.2 Å². The Bertz CT molecular complexity index is 784. The van der Waals surface area contributed by atoms with Gasteiger partial charge in [-0.15, -0.1) is 0 Å². The summed E-state index contributed by atoms with van der Waals surface area (Å²) in [7, 11) is 0. The zero-order valence-electron chi connectivity index (χ0n) is 17.5. The highest BCUT2D eigenvalue weighted by molar-refractivity contribution is 6.32. The van der Waals surface area contributed by atoms with E-state index in [0.29, 0.717) is 11.3 Å². The second-order valence-corrected chi connectivity index (χ2v) is 11.2. The van der Waals surface area contributed by atoms with Gasteiger partial charge in [-0.1, -0.05) is 62.6 Å². The van der Waals surface area contributed by atoms with Gasteiger partial charge in [-0.05, 0) is 91.2 Å². The van der Waals surface area contributed by atoms with Gasteiger partial charge in [-0.3, -0.25) is 0 Å². The van der Waals surface area contributed by atoms with E-state index in [9.17, 15) is 5.11 Å². The Morgan fingerprint density at radius 1 is 0.964 bits per heavy atom. The molecule has 1 aromatic rings. The topological polar surface area (TPSA) is 20.2 Å². The summed E-state index contributed by atoms with van der Waals surface area (Å²) in [5.74, 6) is 3.26. The summed E-state index contributed by atoms with van der Waals surface area (Å²) >= 11 is 6.42. The zero-order chi connectivity index (χ0) is 19.5. The normalized spacial score (nSPS) is 46.7. The third kappa shape index (κ3) is 2.76. The molecule has 0 spiro atoms. The Balaban J connectivity index is 1.47. The molecule has 5 rings (SSSR count). The molecular formula is C26H35ClO. The lowest BCUT2D eigenvalue weighted by molar-refractivity contribution is -0.119. The maximum absolute atomic E-state index is 11.4. The SMILES string of the molecule is C[C@]12CCCC[C@@H]1CC[C@H]1[C@H]2CC[C@]2(C)[C@H](O)/C(=C/c3ccccc3Cl)C[C@H]12. The van der Waals surface area contributed by atoms with Crippen LogP contribution in [0.15, 0.2) is 29.8 Å². The van der Waals surface area contributed by atoms with Crippen LogP contribution in [0.3, 0.4) is 0 Å². The summed E-state index contributed by atoms with van der Waals surface area (Å²) < 4.78 is 0. The molecule has 0 radical (unpaired) electrons. The van der Waals surface area contributed by atoms with Gasteiger partial charge in [0.2, 0.25) is 0 Å². The van der Waals surface area contributed by atoms with Crippen molar-refractivity contribution in [2.75, 3.05) is 0 Å². The van der Waals surface area contributed by atoms with Crippen molar-refractivity contribution < 1.29 is 5.11 Å². The molecule has 7 atom stereocenters. The predicted octanol–water partition coefficient (Wildman–Crippen LogP) is 7.13. The van der Waals surface area contributed by atoms with Crippen molar-refractivity contribution in [2.45, 2.75) is 77.7 Å². The van der Waals surface area contributed by atoms with Crippen molar-refractivity contribution in [1.29, 1.82) is 0 Å². The Morgan fingerprint density at radius 3 is 2.61 bits per heavy atom. The number of hydrogen-bond acceptors (Lipinski definition) is 1. The molecule has 4 aliphatic rings. The lowest BCUT2D eigenvalue weighted by atomic mass is 9.45. The first-order chi connectivity index (χ1) is 13.4. The minimum absolute atomic E-state index is 0.0477. The number of aliphatic hydroxyl groups excluding tert-OH is 1. The fourth-order valence-corrected chi connectivity index (χ4v) is 8.28. The molecular weight excluding hydrogens is 364 g/mol. The number of aliphatic hydroxyl groups is 1. The molecule has 0 saturated heterocycles. The van der Waals surface area contributed by atoms with Gasteiger partial charge in [0.25, 0.3) is 0 Å². The Kier molecular flexibility index (Phi) is 4.71. The van der Waals surface area contributed by atoms with Gasteiger partial charge in [0.15, 0.2) is 0 Å². The fourth-order valence-electron chi connectivity index (χ4n) is 8.09. The van der Waals surface area contributed by atoms with Crippen LogP contribution in [-0.2, 0) is 0 Å². The second-order valence-electron chi connectivity index (χ2n) is 10.8. The monoisotopic (exact) mass is 398 g/mol. The van der Waals surface area contributed by atoms with Crippen molar-refractivity contribution in [1.82, 2.24) is 0 Å². The molecule has 4 fully saturated rings. The predicted molar refractivity (Wildman–Crippen MR) is 117 cm³/mol. The van der Waals surface area contributed by atoms with Gasteiger partial charge < -0.3 is 5.11 Å². The third-order valence-electron chi connectivity index (χ3n) is 9.70. The van der Waals surface area contributed by atoms with Crippen molar-refractivity contribution >= 4 is 17.7 Å². The van der Waals surface area contributed by atoms with E-state index in [1.54, 1.807) is 0 Å². The zero-order valence-corrected chi connectivity index (χ0v) is 18.2. The Morgan fingerprint density at radius 2 is 1.79 bits per heavy atom. The first kappa shape index (κ1) is 19.2. The first-order valence-electron chi connectivity index (χ1n) is 11.6. The summed E-state index contributed by atoms with van der Waals surface area (Å²) in [6, 6.07) is 8.04. The molecule has 152 valence electrons. The number of hydrogen-bond donors (Lipinski definition) is 1. The van der Waals surface area contributed by atoms with Gasteiger partial charge in [0.1, 0.15) is 0 Å². The van der Waals surface area contributed by atoms with E-state index in [0.717, 1.165) is 34.8 Å². The average Bonchev–Trinajstić information content (AvgIpc) is 2.94. The molecule has 0 amide bonds. The van der Waals surface area contributed by atoms with Gasteiger partial charge in [0, 0.05) is 10.4 Å². The van der Waals surface area contributed by atoms with Crippen LogP contribution in [0.25, 0.3) is 6.08 Å². The van der Waals surface area contributed by atoms with E-state index in [-0.39, 0.29) is 11.5 Å². The fraction of sp³-hybridized carbons (Fsp3) is 0.692. The largest absolute Gasteiger partial charge is 0.388 e. The highest BCUT2D eigenvalue weighted by Gasteiger charge is 2.60. The van der Waals surface area contributed by atoms with Crippen molar-refractivity contribution in [3.8, 4) is 0 Å². The number of benzene rings is 1. The smallest absolute Gasteiger partial charge is 0.0809 e. The highest BCUT2D eigenvalue weighted by Crippen LogP contribution is 2.67. The summed E-state index contributed by atoms with van der Waals surface area (Å²) in [6.45, 7) is 5.00. The third-order valence-corrected chi connectivity index (χ3v) is 10.0. The maximum atomic E-state index is 11.4. The minimum Gasteiger partial charge on any atom is -0.388 e. The summed E-state index contributed by atoms with van der Waals surface area (Å²) in [5, 5.41) is 12.2. The molecule has 1 aromatic carbocycles. The molecule has 0 unspecified atom stereocenters. The lowest BCUT2D eigenvalue weighted by Crippen LogP contribution is -2.53. The molecule has 1 nitrogen and oxygen atoms in total. The first-order valence-corrected chi connectivity index (χ1v) is 11.9. The standard InChI is InChI=1S/C26H35ClO/c1-25-13-6-5-8-19(25)10-11-20-21(25)12-14-26(2)22(20)16-18(24(26)28)15-17-7-3-4-9-23(17)27/h3-4,7,9,15,19-22,24,28H,5-6,8,10-14,16H2,1-2H3/b18-15+/t19-,20+,21-,22-,24-,25+,26+/m1/s1. The molecule has 0 bridgehead atoms. The summed E-state index contributed by atoms with van der Waals surface area (Å²) in [5.41, 5.74) is 2.88. The minimum atomic E-state index is -0.313. The van der Waals surface area contributed by atoms with Gasteiger partial charge >= 0.3 is 0 Å². The summed E-state index contributed by atoms with van der Waals surface area (Å²) in [4.78, 5) is 0. The number of fused-ring (bicyclic) bond motifs is 5. The van der Waals surface area contributed by atoms with E-state index in [1.165, 1.54) is 56.9 Å².